The van der Waals surface area contributed by atoms with Gasteiger partial charge in [0, 0.05) is 23.0 Å². The van der Waals surface area contributed by atoms with Gasteiger partial charge in [-0.1, -0.05) is 23.7 Å². The summed E-state index contributed by atoms with van der Waals surface area (Å²) >= 11 is 5.80. The van der Waals surface area contributed by atoms with Crippen LogP contribution in [0.25, 0.3) is 17.2 Å². The fourth-order valence-electron chi connectivity index (χ4n) is 1.93. The molecule has 2 aromatic heterocycles. The van der Waals surface area contributed by atoms with Gasteiger partial charge in [0.1, 0.15) is 0 Å². The number of alkyl halides is 3. The molecule has 0 saturated heterocycles. The van der Waals surface area contributed by atoms with E-state index < -0.39 is 11.9 Å². The third kappa shape index (κ3) is 2.96. The molecule has 22 heavy (non-hydrogen) atoms. The van der Waals surface area contributed by atoms with Crippen molar-refractivity contribution in [1.29, 1.82) is 0 Å². The highest BCUT2D eigenvalue weighted by atomic mass is 35.5. The Labute approximate surface area is 129 Å². The van der Waals surface area contributed by atoms with Crippen molar-refractivity contribution in [3.63, 3.8) is 0 Å². The van der Waals surface area contributed by atoms with Crippen LogP contribution in [-0.2, 0) is 6.18 Å². The van der Waals surface area contributed by atoms with Crippen molar-refractivity contribution >= 4 is 11.6 Å². The van der Waals surface area contributed by atoms with Gasteiger partial charge in [-0.25, -0.2) is 9.97 Å². The molecule has 7 heteroatoms. The van der Waals surface area contributed by atoms with E-state index in [0.717, 1.165) is 6.07 Å². The zero-order valence-electron chi connectivity index (χ0n) is 11.0. The van der Waals surface area contributed by atoms with Crippen molar-refractivity contribution in [1.82, 2.24) is 14.5 Å². The number of rotatable bonds is 2. The van der Waals surface area contributed by atoms with E-state index in [9.17, 15) is 13.2 Å². The van der Waals surface area contributed by atoms with E-state index in [4.69, 9.17) is 11.6 Å². The summed E-state index contributed by atoms with van der Waals surface area (Å²) in [7, 11) is 0. The topological polar surface area (TPSA) is 30.7 Å². The first kappa shape index (κ1) is 14.6. The van der Waals surface area contributed by atoms with Crippen molar-refractivity contribution in [3.05, 3.63) is 65.6 Å². The summed E-state index contributed by atoms with van der Waals surface area (Å²) in [5.74, 6) is -0.0372. The number of hydrogen-bond donors (Lipinski definition) is 0. The zero-order valence-corrected chi connectivity index (χ0v) is 11.8. The molecular formula is C15H9ClF3N3. The van der Waals surface area contributed by atoms with Gasteiger partial charge >= 0.3 is 6.18 Å². The van der Waals surface area contributed by atoms with E-state index in [-0.39, 0.29) is 11.6 Å². The van der Waals surface area contributed by atoms with Crippen LogP contribution in [0.4, 0.5) is 13.2 Å². The van der Waals surface area contributed by atoms with Gasteiger partial charge in [0.15, 0.2) is 5.69 Å². The van der Waals surface area contributed by atoms with Gasteiger partial charge in [-0.2, -0.15) is 13.2 Å². The third-order valence-electron chi connectivity index (χ3n) is 2.98. The summed E-state index contributed by atoms with van der Waals surface area (Å²) in [5.41, 5.74) is -0.274. The first-order valence-electron chi connectivity index (χ1n) is 6.29. The summed E-state index contributed by atoms with van der Waals surface area (Å²) in [5, 5.41) is 0.500. The minimum absolute atomic E-state index is 0.0372. The fraction of sp³-hybridized carbons (Fsp3) is 0.0667. The van der Waals surface area contributed by atoms with Crippen LogP contribution < -0.4 is 0 Å². The second-order valence-corrected chi connectivity index (χ2v) is 4.97. The molecule has 3 aromatic rings. The fourth-order valence-corrected chi connectivity index (χ4v) is 2.06. The van der Waals surface area contributed by atoms with Gasteiger partial charge in [0.25, 0.3) is 0 Å². The highest BCUT2D eigenvalue weighted by Gasteiger charge is 2.34. The molecular weight excluding hydrogens is 315 g/mol. The molecule has 0 aliphatic heterocycles. The van der Waals surface area contributed by atoms with E-state index in [1.54, 1.807) is 48.8 Å². The number of nitrogens with zero attached hydrogens (tertiary/aromatic N) is 3. The first-order chi connectivity index (χ1) is 10.4. The Morgan fingerprint density at radius 2 is 1.59 bits per heavy atom. The Hall–Kier alpha value is -2.34. The quantitative estimate of drug-likeness (QED) is 0.689. The maximum atomic E-state index is 13.0. The summed E-state index contributed by atoms with van der Waals surface area (Å²) in [4.78, 5) is 7.79. The van der Waals surface area contributed by atoms with Gasteiger partial charge in [-0.3, -0.25) is 4.57 Å². The second-order valence-electron chi connectivity index (χ2n) is 4.53. The lowest BCUT2D eigenvalue weighted by Gasteiger charge is -2.11. The Kier molecular flexibility index (Phi) is 3.62. The molecule has 0 unspecified atom stereocenters. The van der Waals surface area contributed by atoms with Gasteiger partial charge in [-0.05, 0) is 30.3 Å². The van der Waals surface area contributed by atoms with E-state index in [1.165, 1.54) is 4.57 Å². The molecule has 0 saturated carbocycles. The highest BCUT2D eigenvalue weighted by molar-refractivity contribution is 6.30. The summed E-state index contributed by atoms with van der Waals surface area (Å²) in [6.07, 6.45) is -1.38. The molecule has 2 heterocycles. The minimum atomic E-state index is -4.55. The minimum Gasteiger partial charge on any atom is -0.293 e. The predicted molar refractivity (Wildman–Crippen MR) is 76.8 cm³/mol. The van der Waals surface area contributed by atoms with Crippen LogP contribution in [0.1, 0.15) is 5.69 Å². The molecule has 0 atom stereocenters. The lowest BCUT2D eigenvalue weighted by molar-refractivity contribution is -0.141. The number of aromatic nitrogens is 3. The maximum absolute atomic E-state index is 13.0. The zero-order chi connectivity index (χ0) is 15.7. The lowest BCUT2D eigenvalue weighted by atomic mass is 10.1. The molecule has 0 bridgehead atoms. The number of halogens is 4. The summed E-state index contributed by atoms with van der Waals surface area (Å²) in [6.45, 7) is 0. The van der Waals surface area contributed by atoms with Gasteiger partial charge in [0.05, 0.1) is 5.69 Å². The first-order valence-corrected chi connectivity index (χ1v) is 6.67. The van der Waals surface area contributed by atoms with E-state index in [1.807, 2.05) is 0 Å². The Balaban J connectivity index is 2.17. The highest BCUT2D eigenvalue weighted by Crippen LogP contribution is 2.31. The van der Waals surface area contributed by atoms with E-state index in [2.05, 4.69) is 9.97 Å². The Morgan fingerprint density at radius 3 is 2.18 bits per heavy atom. The molecule has 0 aliphatic carbocycles. The Morgan fingerprint density at radius 1 is 0.955 bits per heavy atom. The van der Waals surface area contributed by atoms with Crippen molar-refractivity contribution < 1.29 is 13.2 Å². The average Bonchev–Trinajstić information content (AvgIpc) is 3.01. The van der Waals surface area contributed by atoms with Crippen LogP contribution in [0.5, 0.6) is 0 Å². The predicted octanol–water partition coefficient (Wildman–Crippen LogP) is 4.61. The van der Waals surface area contributed by atoms with Crippen LogP contribution in [0.2, 0.25) is 5.02 Å². The lowest BCUT2D eigenvalue weighted by Crippen LogP contribution is -2.12. The SMILES string of the molecule is FC(F)(F)c1cc(-c2ccc(Cl)cc2)nc(-n2cccc2)n1. The van der Waals surface area contributed by atoms with Crippen LogP contribution in [0, 0.1) is 0 Å². The molecule has 3 nitrogen and oxygen atoms in total. The van der Waals surface area contributed by atoms with Crippen molar-refractivity contribution in [2.24, 2.45) is 0 Å². The van der Waals surface area contributed by atoms with Gasteiger partial charge in [-0.15, -0.1) is 0 Å². The molecule has 0 amide bonds. The van der Waals surface area contributed by atoms with Crippen molar-refractivity contribution in [2.45, 2.75) is 6.18 Å². The van der Waals surface area contributed by atoms with Crippen LogP contribution in [0.3, 0.4) is 0 Å². The maximum Gasteiger partial charge on any atom is 0.433 e. The standard InChI is InChI=1S/C15H9ClF3N3/c16-11-5-3-10(4-6-11)12-9-13(15(17,18)19)21-14(20-12)22-7-1-2-8-22/h1-9H. The van der Waals surface area contributed by atoms with Crippen LogP contribution in [0.15, 0.2) is 54.9 Å². The molecule has 1 aromatic carbocycles. The Bertz CT molecular complexity index is 781. The van der Waals surface area contributed by atoms with Crippen molar-refractivity contribution in [2.75, 3.05) is 0 Å². The number of hydrogen-bond acceptors (Lipinski definition) is 2. The largest absolute Gasteiger partial charge is 0.433 e. The molecule has 0 fully saturated rings. The van der Waals surface area contributed by atoms with Gasteiger partial charge in [0.2, 0.25) is 5.95 Å². The smallest absolute Gasteiger partial charge is 0.293 e. The summed E-state index contributed by atoms with van der Waals surface area (Å²) in [6, 6.07) is 10.7. The van der Waals surface area contributed by atoms with E-state index >= 15 is 0 Å². The second kappa shape index (κ2) is 5.46. The molecule has 0 aliphatic rings. The van der Waals surface area contributed by atoms with Crippen molar-refractivity contribution in [3.8, 4) is 17.2 Å². The monoisotopic (exact) mass is 323 g/mol. The molecule has 0 radical (unpaired) electrons. The number of benzene rings is 1. The third-order valence-corrected chi connectivity index (χ3v) is 3.23. The van der Waals surface area contributed by atoms with Crippen LogP contribution >= 0.6 is 11.6 Å². The molecule has 112 valence electrons. The summed E-state index contributed by atoms with van der Waals surface area (Å²) < 4.78 is 40.6. The molecule has 3 rings (SSSR count). The molecule has 0 spiro atoms. The van der Waals surface area contributed by atoms with Gasteiger partial charge < -0.3 is 0 Å². The average molecular weight is 324 g/mol. The molecule has 0 N–H and O–H groups in total. The normalized spacial score (nSPS) is 11.6. The van der Waals surface area contributed by atoms with E-state index in [0.29, 0.717) is 10.6 Å². The van der Waals surface area contributed by atoms with Crippen LogP contribution in [-0.4, -0.2) is 14.5 Å².